The van der Waals surface area contributed by atoms with Crippen LogP contribution in [0, 0.1) is 11.6 Å². The second-order valence-electron chi connectivity index (χ2n) is 5.95. The van der Waals surface area contributed by atoms with Crippen molar-refractivity contribution in [2.75, 3.05) is 6.54 Å². The van der Waals surface area contributed by atoms with Crippen molar-refractivity contribution in [2.45, 2.75) is 31.1 Å². The van der Waals surface area contributed by atoms with E-state index in [9.17, 15) is 13.6 Å². The average Bonchev–Trinajstić information content (AvgIpc) is 2.51. The number of Topliss-reactive ketones (excluding diaryl/α,β-unsaturated/α-hetero) is 1. The van der Waals surface area contributed by atoms with Gasteiger partial charge in [-0.15, -0.1) is 0 Å². The van der Waals surface area contributed by atoms with Gasteiger partial charge < -0.3 is 5.73 Å². The van der Waals surface area contributed by atoms with Gasteiger partial charge in [-0.05, 0) is 24.5 Å². The maximum atomic E-state index is 14.1. The van der Waals surface area contributed by atoms with Crippen molar-refractivity contribution >= 4 is 5.78 Å². The zero-order chi connectivity index (χ0) is 16.4. The van der Waals surface area contributed by atoms with Crippen LogP contribution in [0.4, 0.5) is 8.78 Å². The standard InChI is InChI=1S/C17H17F2N3O/c18-12-2-3-13(14(19)6-12)17(4-1-5-17)7-16-21-9-11(10-22-16)15(23)8-20/h2-3,6,9-10H,1,4-5,7-8,20H2. The van der Waals surface area contributed by atoms with E-state index in [4.69, 9.17) is 5.73 Å². The van der Waals surface area contributed by atoms with Crippen LogP contribution in [0.2, 0.25) is 0 Å². The van der Waals surface area contributed by atoms with E-state index in [1.807, 2.05) is 0 Å². The Balaban J connectivity index is 1.86. The van der Waals surface area contributed by atoms with Crippen LogP contribution in [0.15, 0.2) is 30.6 Å². The molecule has 23 heavy (non-hydrogen) atoms. The lowest BCUT2D eigenvalue weighted by Crippen LogP contribution is -2.38. The molecule has 0 atom stereocenters. The van der Waals surface area contributed by atoms with E-state index < -0.39 is 17.0 Å². The first-order chi connectivity index (χ1) is 11.0. The Kier molecular flexibility index (Phi) is 4.17. The van der Waals surface area contributed by atoms with Gasteiger partial charge in [0.05, 0.1) is 12.1 Å². The first kappa shape index (κ1) is 15.7. The maximum Gasteiger partial charge on any atom is 0.179 e. The van der Waals surface area contributed by atoms with Gasteiger partial charge in [-0.25, -0.2) is 18.7 Å². The molecule has 120 valence electrons. The number of hydrogen-bond acceptors (Lipinski definition) is 4. The fourth-order valence-corrected chi connectivity index (χ4v) is 3.08. The third kappa shape index (κ3) is 2.99. The molecule has 0 spiro atoms. The fourth-order valence-electron chi connectivity index (χ4n) is 3.08. The van der Waals surface area contributed by atoms with Crippen molar-refractivity contribution in [3.63, 3.8) is 0 Å². The second kappa shape index (κ2) is 6.12. The smallest absolute Gasteiger partial charge is 0.179 e. The summed E-state index contributed by atoms with van der Waals surface area (Å²) in [5, 5.41) is 0. The number of aromatic nitrogens is 2. The monoisotopic (exact) mass is 317 g/mol. The molecule has 4 nitrogen and oxygen atoms in total. The fraction of sp³-hybridized carbons (Fsp3) is 0.353. The average molecular weight is 317 g/mol. The largest absolute Gasteiger partial charge is 0.324 e. The molecule has 0 saturated heterocycles. The van der Waals surface area contributed by atoms with Gasteiger partial charge in [0.2, 0.25) is 0 Å². The Bertz CT molecular complexity index is 727. The van der Waals surface area contributed by atoms with Crippen LogP contribution < -0.4 is 5.73 Å². The lowest BCUT2D eigenvalue weighted by molar-refractivity contribution is 0.100. The SMILES string of the molecule is NCC(=O)c1cnc(CC2(c3ccc(F)cc3F)CCC2)nc1. The Labute approximate surface area is 132 Å². The molecular weight excluding hydrogens is 300 g/mol. The molecule has 1 aliphatic rings. The Morgan fingerprint density at radius 1 is 1.22 bits per heavy atom. The van der Waals surface area contributed by atoms with E-state index >= 15 is 0 Å². The molecule has 1 saturated carbocycles. The molecule has 3 rings (SSSR count). The van der Waals surface area contributed by atoms with Crippen LogP contribution in [0.3, 0.4) is 0 Å². The summed E-state index contributed by atoms with van der Waals surface area (Å²) in [6.07, 6.45) is 5.97. The first-order valence-corrected chi connectivity index (χ1v) is 7.54. The lowest BCUT2D eigenvalue weighted by atomic mass is 9.62. The number of carbonyl (C=O) groups excluding carboxylic acids is 1. The van der Waals surface area contributed by atoms with E-state index in [-0.39, 0.29) is 12.3 Å². The van der Waals surface area contributed by atoms with Crippen LogP contribution in [0.25, 0.3) is 0 Å². The number of halogens is 2. The molecule has 0 radical (unpaired) electrons. The number of hydrogen-bond donors (Lipinski definition) is 1. The molecule has 2 N–H and O–H groups in total. The van der Waals surface area contributed by atoms with E-state index in [2.05, 4.69) is 9.97 Å². The highest BCUT2D eigenvalue weighted by atomic mass is 19.1. The van der Waals surface area contributed by atoms with Crippen molar-refractivity contribution < 1.29 is 13.6 Å². The van der Waals surface area contributed by atoms with Gasteiger partial charge in [-0.1, -0.05) is 12.5 Å². The van der Waals surface area contributed by atoms with Crippen LogP contribution >= 0.6 is 0 Å². The topological polar surface area (TPSA) is 68.9 Å². The molecule has 1 heterocycles. The first-order valence-electron chi connectivity index (χ1n) is 7.54. The highest BCUT2D eigenvalue weighted by Crippen LogP contribution is 2.46. The van der Waals surface area contributed by atoms with Crippen molar-refractivity contribution in [2.24, 2.45) is 5.73 Å². The third-order valence-electron chi connectivity index (χ3n) is 4.52. The van der Waals surface area contributed by atoms with E-state index in [1.165, 1.54) is 24.5 Å². The summed E-state index contributed by atoms with van der Waals surface area (Å²) in [6.45, 7) is -0.0898. The predicted octanol–water partition coefficient (Wildman–Crippen LogP) is 2.56. The zero-order valence-electron chi connectivity index (χ0n) is 12.6. The van der Waals surface area contributed by atoms with E-state index in [0.29, 0.717) is 23.4 Å². The lowest BCUT2D eigenvalue weighted by Gasteiger charge is -2.42. The summed E-state index contributed by atoms with van der Waals surface area (Å²) in [5.41, 5.74) is 5.79. The van der Waals surface area contributed by atoms with Crippen molar-refractivity contribution in [1.82, 2.24) is 9.97 Å². The highest BCUT2D eigenvalue weighted by Gasteiger charge is 2.41. The number of nitrogens with two attached hydrogens (primary N) is 1. The summed E-state index contributed by atoms with van der Waals surface area (Å²) in [4.78, 5) is 19.9. The van der Waals surface area contributed by atoms with Gasteiger partial charge in [-0.2, -0.15) is 0 Å². The summed E-state index contributed by atoms with van der Waals surface area (Å²) < 4.78 is 27.3. The van der Waals surface area contributed by atoms with Crippen LogP contribution in [-0.2, 0) is 11.8 Å². The molecule has 2 aromatic rings. The minimum Gasteiger partial charge on any atom is -0.324 e. The van der Waals surface area contributed by atoms with Crippen molar-refractivity contribution in [3.8, 4) is 0 Å². The highest BCUT2D eigenvalue weighted by molar-refractivity contribution is 5.96. The molecule has 0 unspecified atom stereocenters. The predicted molar refractivity (Wildman–Crippen MR) is 81.0 cm³/mol. The number of rotatable bonds is 5. The summed E-state index contributed by atoms with van der Waals surface area (Å²) >= 11 is 0. The Hall–Kier alpha value is -2.21. The van der Waals surface area contributed by atoms with Gasteiger partial charge in [0.1, 0.15) is 17.5 Å². The van der Waals surface area contributed by atoms with Crippen LogP contribution in [-0.4, -0.2) is 22.3 Å². The third-order valence-corrected chi connectivity index (χ3v) is 4.52. The number of nitrogens with zero attached hydrogens (tertiary/aromatic N) is 2. The van der Waals surface area contributed by atoms with Gasteiger partial charge in [0.15, 0.2) is 5.78 Å². The molecule has 0 amide bonds. The van der Waals surface area contributed by atoms with E-state index in [0.717, 1.165) is 25.3 Å². The van der Waals surface area contributed by atoms with E-state index in [1.54, 1.807) is 0 Å². The van der Waals surface area contributed by atoms with Gasteiger partial charge in [0.25, 0.3) is 0 Å². The van der Waals surface area contributed by atoms with Crippen molar-refractivity contribution in [3.05, 3.63) is 59.2 Å². The molecule has 6 heteroatoms. The molecule has 0 aliphatic heterocycles. The molecule has 1 aromatic carbocycles. The maximum absolute atomic E-state index is 14.1. The van der Waals surface area contributed by atoms with Crippen LogP contribution in [0.1, 0.15) is 41.0 Å². The molecule has 0 bridgehead atoms. The zero-order valence-corrected chi connectivity index (χ0v) is 12.6. The second-order valence-corrected chi connectivity index (χ2v) is 5.95. The minimum atomic E-state index is -0.582. The molecule has 1 aromatic heterocycles. The summed E-state index contributed by atoms with van der Waals surface area (Å²) in [5.74, 6) is -0.789. The Morgan fingerprint density at radius 2 is 1.91 bits per heavy atom. The number of benzene rings is 1. The molecular formula is C17H17F2N3O. The molecule has 1 fully saturated rings. The van der Waals surface area contributed by atoms with Gasteiger partial charge >= 0.3 is 0 Å². The van der Waals surface area contributed by atoms with Gasteiger partial charge in [-0.3, -0.25) is 4.79 Å². The number of carbonyl (C=O) groups is 1. The van der Waals surface area contributed by atoms with Crippen molar-refractivity contribution in [1.29, 1.82) is 0 Å². The minimum absolute atomic E-state index is 0.0898. The quantitative estimate of drug-likeness (QED) is 0.861. The normalized spacial score (nSPS) is 16.0. The molecule has 1 aliphatic carbocycles. The van der Waals surface area contributed by atoms with Gasteiger partial charge in [0, 0.05) is 30.3 Å². The van der Waals surface area contributed by atoms with Crippen LogP contribution in [0.5, 0.6) is 0 Å². The number of ketones is 1. The summed E-state index contributed by atoms with van der Waals surface area (Å²) in [6, 6.07) is 3.71. The Morgan fingerprint density at radius 3 is 2.43 bits per heavy atom. The summed E-state index contributed by atoms with van der Waals surface area (Å²) in [7, 11) is 0.